The van der Waals surface area contributed by atoms with Crippen molar-refractivity contribution in [1.29, 1.82) is 0 Å². The first-order chi connectivity index (χ1) is 16.0. The highest BCUT2D eigenvalue weighted by molar-refractivity contribution is 6.08. The lowest BCUT2D eigenvalue weighted by Gasteiger charge is -2.29. The van der Waals surface area contributed by atoms with Gasteiger partial charge in [0.25, 0.3) is 0 Å². The lowest BCUT2D eigenvalue weighted by atomic mass is 9.89. The second-order valence-corrected chi connectivity index (χ2v) is 8.38. The van der Waals surface area contributed by atoms with Crippen molar-refractivity contribution in [3.63, 3.8) is 0 Å². The van der Waals surface area contributed by atoms with E-state index >= 15 is 0 Å². The maximum absolute atomic E-state index is 14.9. The quantitative estimate of drug-likeness (QED) is 0.361. The van der Waals surface area contributed by atoms with Gasteiger partial charge in [-0.2, -0.15) is 4.39 Å². The standard InChI is InChI=1S/C27H26BF3O2/c1-2-3-21-10-8-20(15-32-21)22-11-9-19(14-24(22)29)17-4-6-18(7-5-17)23-12-13-25(33-16-28)27(31)26(23)30/h4-7,9,11-14,20-21H,2-3,8,10,15-16H2,1H3. The smallest absolute Gasteiger partial charge is 0.201 e. The molecule has 2 unspecified atom stereocenters. The molecular formula is C27H26BF3O2. The second-order valence-electron chi connectivity index (χ2n) is 8.38. The van der Waals surface area contributed by atoms with Crippen LogP contribution in [-0.2, 0) is 4.74 Å². The average Bonchev–Trinajstić information content (AvgIpc) is 2.83. The normalized spacial score (nSPS) is 18.3. The molecule has 1 aliphatic heterocycles. The molecule has 2 radical (unpaired) electrons. The Morgan fingerprint density at radius 2 is 1.64 bits per heavy atom. The van der Waals surface area contributed by atoms with Crippen LogP contribution in [0.3, 0.4) is 0 Å². The lowest BCUT2D eigenvalue weighted by molar-refractivity contribution is -0.00172. The molecule has 0 amide bonds. The Balaban J connectivity index is 1.51. The molecule has 1 aliphatic rings. The van der Waals surface area contributed by atoms with Crippen molar-refractivity contribution in [3.05, 3.63) is 77.6 Å². The number of ether oxygens (including phenoxy) is 2. The van der Waals surface area contributed by atoms with Crippen LogP contribution in [-0.4, -0.2) is 27.1 Å². The molecular weight excluding hydrogens is 424 g/mol. The maximum atomic E-state index is 14.9. The van der Waals surface area contributed by atoms with Crippen molar-refractivity contribution < 1.29 is 22.6 Å². The third-order valence-electron chi connectivity index (χ3n) is 6.24. The summed E-state index contributed by atoms with van der Waals surface area (Å²) in [6.07, 6.45) is 4.30. The van der Waals surface area contributed by atoms with Gasteiger partial charge in [-0.05, 0) is 59.7 Å². The fourth-order valence-electron chi connectivity index (χ4n) is 4.44. The summed E-state index contributed by atoms with van der Waals surface area (Å²) in [5.74, 6) is -2.48. The number of benzene rings is 3. The van der Waals surface area contributed by atoms with Gasteiger partial charge >= 0.3 is 0 Å². The number of hydrogen-bond donors (Lipinski definition) is 0. The zero-order valence-corrected chi connectivity index (χ0v) is 18.6. The van der Waals surface area contributed by atoms with Crippen LogP contribution in [0.4, 0.5) is 13.2 Å². The van der Waals surface area contributed by atoms with Crippen LogP contribution < -0.4 is 4.74 Å². The molecule has 1 saturated heterocycles. The lowest BCUT2D eigenvalue weighted by Crippen LogP contribution is -2.25. The molecule has 4 rings (SSSR count). The molecule has 33 heavy (non-hydrogen) atoms. The molecule has 2 nitrogen and oxygen atoms in total. The van der Waals surface area contributed by atoms with Crippen LogP contribution in [0.5, 0.6) is 5.75 Å². The molecule has 0 N–H and O–H groups in total. The Kier molecular flexibility index (Phi) is 7.44. The minimum Gasteiger partial charge on any atom is -0.500 e. The van der Waals surface area contributed by atoms with E-state index in [0.717, 1.165) is 36.8 Å². The van der Waals surface area contributed by atoms with Gasteiger partial charge in [0, 0.05) is 18.0 Å². The summed E-state index contributed by atoms with van der Waals surface area (Å²) in [6.45, 7) is 2.45. The maximum Gasteiger partial charge on any atom is 0.201 e. The van der Waals surface area contributed by atoms with Gasteiger partial charge in [0.1, 0.15) is 13.7 Å². The summed E-state index contributed by atoms with van der Waals surface area (Å²) in [6, 6.07) is 15.0. The van der Waals surface area contributed by atoms with E-state index in [-0.39, 0.29) is 35.7 Å². The van der Waals surface area contributed by atoms with E-state index < -0.39 is 11.6 Å². The van der Waals surface area contributed by atoms with Gasteiger partial charge in [-0.25, -0.2) is 8.78 Å². The Morgan fingerprint density at radius 3 is 2.27 bits per heavy atom. The molecule has 0 aromatic heterocycles. The van der Waals surface area contributed by atoms with Crippen LogP contribution in [0, 0.1) is 17.5 Å². The van der Waals surface area contributed by atoms with Crippen molar-refractivity contribution in [3.8, 4) is 28.0 Å². The van der Waals surface area contributed by atoms with Gasteiger partial charge in [-0.3, -0.25) is 0 Å². The predicted molar refractivity (Wildman–Crippen MR) is 125 cm³/mol. The number of rotatable bonds is 7. The zero-order valence-electron chi connectivity index (χ0n) is 18.6. The van der Waals surface area contributed by atoms with Gasteiger partial charge in [0.05, 0.1) is 12.7 Å². The van der Waals surface area contributed by atoms with E-state index in [0.29, 0.717) is 17.7 Å². The Bertz CT molecular complexity index is 1090. The molecule has 1 heterocycles. The minimum absolute atomic E-state index is 0.0682. The van der Waals surface area contributed by atoms with Gasteiger partial charge in [-0.1, -0.05) is 49.7 Å². The van der Waals surface area contributed by atoms with Crippen molar-refractivity contribution in [2.24, 2.45) is 0 Å². The van der Waals surface area contributed by atoms with Crippen molar-refractivity contribution in [1.82, 2.24) is 0 Å². The summed E-state index contributed by atoms with van der Waals surface area (Å²) >= 11 is 0. The van der Waals surface area contributed by atoms with Crippen molar-refractivity contribution in [2.75, 3.05) is 13.1 Å². The molecule has 1 fully saturated rings. The SMILES string of the molecule is [B]COc1ccc(-c2ccc(-c3ccc(C4CCC(CCC)OC4)c(F)c3)cc2)c(F)c1F. The third kappa shape index (κ3) is 5.11. The third-order valence-corrected chi connectivity index (χ3v) is 6.24. The topological polar surface area (TPSA) is 18.5 Å². The van der Waals surface area contributed by atoms with Gasteiger partial charge in [0.15, 0.2) is 11.6 Å². The Labute approximate surface area is 194 Å². The predicted octanol–water partition coefficient (Wildman–Crippen LogP) is 7.01. The minimum atomic E-state index is -1.08. The van der Waals surface area contributed by atoms with E-state index in [9.17, 15) is 13.2 Å². The molecule has 0 spiro atoms. The van der Waals surface area contributed by atoms with Crippen molar-refractivity contribution in [2.45, 2.75) is 44.6 Å². The van der Waals surface area contributed by atoms with E-state index in [1.165, 1.54) is 18.2 Å². The highest BCUT2D eigenvalue weighted by atomic mass is 19.2. The highest BCUT2D eigenvalue weighted by Crippen LogP contribution is 2.34. The number of halogens is 3. The van der Waals surface area contributed by atoms with Crippen LogP contribution in [0.15, 0.2) is 54.6 Å². The van der Waals surface area contributed by atoms with Crippen molar-refractivity contribution >= 4 is 7.85 Å². The fourth-order valence-corrected chi connectivity index (χ4v) is 4.44. The Hall–Kier alpha value is -2.73. The van der Waals surface area contributed by atoms with Crippen LogP contribution >= 0.6 is 0 Å². The highest BCUT2D eigenvalue weighted by Gasteiger charge is 2.24. The molecule has 0 bridgehead atoms. The first-order valence-electron chi connectivity index (χ1n) is 11.3. The first kappa shape index (κ1) is 23.4. The van der Waals surface area contributed by atoms with Gasteiger partial charge in [-0.15, -0.1) is 0 Å². The fraction of sp³-hybridized carbons (Fsp3) is 0.333. The van der Waals surface area contributed by atoms with E-state index in [1.54, 1.807) is 24.3 Å². The number of hydrogen-bond acceptors (Lipinski definition) is 2. The Morgan fingerprint density at radius 1 is 0.909 bits per heavy atom. The molecule has 0 saturated carbocycles. The average molecular weight is 450 g/mol. The molecule has 2 atom stereocenters. The van der Waals surface area contributed by atoms with E-state index in [4.69, 9.17) is 17.3 Å². The largest absolute Gasteiger partial charge is 0.500 e. The molecule has 170 valence electrons. The van der Waals surface area contributed by atoms with E-state index in [2.05, 4.69) is 6.92 Å². The molecule has 6 heteroatoms. The zero-order chi connectivity index (χ0) is 23.4. The first-order valence-corrected chi connectivity index (χ1v) is 11.3. The summed E-state index contributed by atoms with van der Waals surface area (Å²) in [5.41, 5.74) is 2.82. The van der Waals surface area contributed by atoms with Crippen LogP contribution in [0.2, 0.25) is 0 Å². The molecule has 3 aromatic carbocycles. The van der Waals surface area contributed by atoms with Crippen LogP contribution in [0.25, 0.3) is 22.3 Å². The summed E-state index contributed by atoms with van der Waals surface area (Å²) in [4.78, 5) is 0. The molecule has 0 aliphatic carbocycles. The summed E-state index contributed by atoms with van der Waals surface area (Å²) in [7, 11) is 5.24. The molecule has 3 aromatic rings. The summed E-state index contributed by atoms with van der Waals surface area (Å²) in [5, 5.41) is 0. The van der Waals surface area contributed by atoms with Gasteiger partial charge < -0.3 is 9.47 Å². The monoisotopic (exact) mass is 450 g/mol. The van der Waals surface area contributed by atoms with E-state index in [1.807, 2.05) is 12.1 Å². The van der Waals surface area contributed by atoms with Gasteiger partial charge in [0.2, 0.25) is 5.82 Å². The second kappa shape index (κ2) is 10.5. The van der Waals surface area contributed by atoms with Crippen LogP contribution in [0.1, 0.15) is 44.1 Å². The summed E-state index contributed by atoms with van der Waals surface area (Å²) < 4.78 is 54.4.